The predicted molar refractivity (Wildman–Crippen MR) is 127 cm³/mol. The average molecular weight is 478 g/mol. The molecule has 6 nitrogen and oxygen atoms in total. The highest BCUT2D eigenvalue weighted by atomic mass is 19.2. The maximum Gasteiger partial charge on any atom is 0.261 e. The van der Waals surface area contributed by atoms with Crippen molar-refractivity contribution in [3.05, 3.63) is 106 Å². The van der Waals surface area contributed by atoms with E-state index in [1.165, 1.54) is 11.0 Å². The van der Waals surface area contributed by atoms with Crippen LogP contribution in [0.25, 0.3) is 0 Å². The van der Waals surface area contributed by atoms with Crippen molar-refractivity contribution >= 4 is 17.7 Å². The standard InChI is InChI=1S/C27H25F2N3O3/c1-30(2)12-13-31(16-19-10-11-23(28)24(29)15-19)25(33)20-7-5-6-18(14-20)17-32-26(34)21-8-3-4-9-22(21)27(32)35/h3-11,14-15H,12-13,16-17H2,1-2H3. The highest BCUT2D eigenvalue weighted by Gasteiger charge is 2.35. The summed E-state index contributed by atoms with van der Waals surface area (Å²) < 4.78 is 27.1. The molecule has 8 heteroatoms. The molecule has 0 radical (unpaired) electrons. The smallest absolute Gasteiger partial charge is 0.261 e. The number of carbonyl (C=O) groups excluding carboxylic acids is 3. The summed E-state index contributed by atoms with van der Waals surface area (Å²) in [6.45, 7) is 1.08. The molecule has 0 saturated heterocycles. The van der Waals surface area contributed by atoms with Crippen molar-refractivity contribution in [2.45, 2.75) is 13.1 Å². The number of hydrogen-bond acceptors (Lipinski definition) is 4. The molecule has 0 bridgehead atoms. The number of amides is 3. The van der Waals surface area contributed by atoms with Crippen molar-refractivity contribution < 1.29 is 23.2 Å². The minimum Gasteiger partial charge on any atom is -0.333 e. The third-order valence-electron chi connectivity index (χ3n) is 5.85. The van der Waals surface area contributed by atoms with Gasteiger partial charge in [0.2, 0.25) is 0 Å². The summed E-state index contributed by atoms with van der Waals surface area (Å²) >= 11 is 0. The first-order valence-corrected chi connectivity index (χ1v) is 11.2. The summed E-state index contributed by atoms with van der Waals surface area (Å²) in [6.07, 6.45) is 0. The molecule has 4 rings (SSSR count). The third-order valence-corrected chi connectivity index (χ3v) is 5.85. The number of rotatable bonds is 8. The van der Waals surface area contributed by atoms with E-state index in [9.17, 15) is 23.2 Å². The summed E-state index contributed by atoms with van der Waals surface area (Å²) in [4.78, 5) is 43.5. The Morgan fingerprint density at radius 3 is 2.11 bits per heavy atom. The Morgan fingerprint density at radius 2 is 1.49 bits per heavy atom. The zero-order valence-electron chi connectivity index (χ0n) is 19.5. The zero-order chi connectivity index (χ0) is 25.1. The van der Waals surface area contributed by atoms with Crippen molar-refractivity contribution in [1.29, 1.82) is 0 Å². The maximum absolute atomic E-state index is 13.7. The van der Waals surface area contributed by atoms with Crippen LogP contribution in [-0.2, 0) is 13.1 Å². The van der Waals surface area contributed by atoms with Crippen LogP contribution in [0.3, 0.4) is 0 Å². The molecule has 3 aromatic carbocycles. The van der Waals surface area contributed by atoms with Crippen molar-refractivity contribution in [2.75, 3.05) is 27.2 Å². The Balaban J connectivity index is 1.55. The highest BCUT2D eigenvalue weighted by Crippen LogP contribution is 2.24. The maximum atomic E-state index is 13.7. The summed E-state index contributed by atoms with van der Waals surface area (Å²) in [5.74, 6) is -2.94. The minimum absolute atomic E-state index is 0.0360. The van der Waals surface area contributed by atoms with Gasteiger partial charge in [-0.2, -0.15) is 0 Å². The molecule has 0 aromatic heterocycles. The molecular formula is C27H25F2N3O3. The van der Waals surface area contributed by atoms with Crippen LogP contribution in [0, 0.1) is 11.6 Å². The first-order valence-electron chi connectivity index (χ1n) is 11.2. The molecule has 35 heavy (non-hydrogen) atoms. The van der Waals surface area contributed by atoms with Gasteiger partial charge in [0.25, 0.3) is 17.7 Å². The number of nitrogens with zero attached hydrogens (tertiary/aromatic N) is 3. The van der Waals surface area contributed by atoms with E-state index in [4.69, 9.17) is 0 Å². The largest absolute Gasteiger partial charge is 0.333 e. The van der Waals surface area contributed by atoms with Gasteiger partial charge in [-0.3, -0.25) is 19.3 Å². The van der Waals surface area contributed by atoms with E-state index in [1.54, 1.807) is 53.4 Å². The van der Waals surface area contributed by atoms with Gasteiger partial charge in [0.1, 0.15) is 0 Å². The van der Waals surface area contributed by atoms with E-state index in [2.05, 4.69) is 0 Å². The fraction of sp³-hybridized carbons (Fsp3) is 0.222. The van der Waals surface area contributed by atoms with Crippen molar-refractivity contribution in [3.63, 3.8) is 0 Å². The molecular weight excluding hydrogens is 452 g/mol. The van der Waals surface area contributed by atoms with Crippen LogP contribution in [0.5, 0.6) is 0 Å². The van der Waals surface area contributed by atoms with E-state index >= 15 is 0 Å². The number of likely N-dealkylation sites (N-methyl/N-ethyl adjacent to an activating group) is 1. The van der Waals surface area contributed by atoms with E-state index < -0.39 is 11.6 Å². The van der Waals surface area contributed by atoms with Crippen molar-refractivity contribution in [3.8, 4) is 0 Å². The molecule has 1 aliphatic rings. The molecule has 3 aromatic rings. The van der Waals surface area contributed by atoms with Gasteiger partial charge in [0.15, 0.2) is 11.6 Å². The average Bonchev–Trinajstić information content (AvgIpc) is 3.08. The van der Waals surface area contributed by atoms with Crippen LogP contribution in [0.2, 0.25) is 0 Å². The predicted octanol–water partition coefficient (Wildman–Crippen LogP) is 3.97. The van der Waals surface area contributed by atoms with Gasteiger partial charge < -0.3 is 9.80 Å². The Morgan fingerprint density at radius 1 is 0.800 bits per heavy atom. The lowest BCUT2D eigenvalue weighted by atomic mass is 10.1. The summed E-state index contributed by atoms with van der Waals surface area (Å²) in [5, 5.41) is 0. The molecule has 0 N–H and O–H groups in total. The Kier molecular flexibility index (Phi) is 7.02. The Labute approximate surface area is 202 Å². The van der Waals surface area contributed by atoms with Gasteiger partial charge in [-0.1, -0.05) is 30.3 Å². The van der Waals surface area contributed by atoms with Crippen LogP contribution in [-0.4, -0.2) is 59.6 Å². The number of fused-ring (bicyclic) bond motifs is 1. The fourth-order valence-electron chi connectivity index (χ4n) is 3.98. The zero-order valence-corrected chi connectivity index (χ0v) is 19.5. The molecule has 1 heterocycles. The lowest BCUT2D eigenvalue weighted by Gasteiger charge is -2.25. The van der Waals surface area contributed by atoms with E-state index in [-0.39, 0.29) is 30.8 Å². The summed E-state index contributed by atoms with van der Waals surface area (Å²) in [7, 11) is 3.76. The Bertz CT molecular complexity index is 1260. The van der Waals surface area contributed by atoms with E-state index in [0.717, 1.165) is 12.1 Å². The molecule has 0 aliphatic carbocycles. The molecule has 0 saturated carbocycles. The van der Waals surface area contributed by atoms with Gasteiger partial charge in [0.05, 0.1) is 17.7 Å². The molecule has 3 amide bonds. The fourth-order valence-corrected chi connectivity index (χ4v) is 3.98. The van der Waals surface area contributed by atoms with Crippen LogP contribution in [0.4, 0.5) is 8.78 Å². The molecule has 0 fully saturated rings. The SMILES string of the molecule is CN(C)CCN(Cc1ccc(F)c(F)c1)C(=O)c1cccc(CN2C(=O)c3ccccc3C2=O)c1. The number of imide groups is 1. The van der Waals surface area contributed by atoms with Crippen LogP contribution in [0.1, 0.15) is 42.2 Å². The second-order valence-electron chi connectivity index (χ2n) is 8.72. The number of halogens is 2. The van der Waals surface area contributed by atoms with Crippen LogP contribution >= 0.6 is 0 Å². The lowest BCUT2D eigenvalue weighted by Crippen LogP contribution is -2.36. The molecule has 180 valence electrons. The van der Waals surface area contributed by atoms with Crippen molar-refractivity contribution in [2.24, 2.45) is 0 Å². The Hall–Kier alpha value is -3.91. The first-order chi connectivity index (χ1) is 16.7. The van der Waals surface area contributed by atoms with E-state index in [1.807, 2.05) is 19.0 Å². The quantitative estimate of drug-likeness (QED) is 0.461. The van der Waals surface area contributed by atoms with Gasteiger partial charge in [-0.25, -0.2) is 8.78 Å². The second kappa shape index (κ2) is 10.1. The number of hydrogen-bond donors (Lipinski definition) is 0. The van der Waals surface area contributed by atoms with Gasteiger partial charge in [-0.15, -0.1) is 0 Å². The normalized spacial score (nSPS) is 12.9. The van der Waals surface area contributed by atoms with Crippen LogP contribution in [0.15, 0.2) is 66.7 Å². The summed E-state index contributed by atoms with van der Waals surface area (Å²) in [5.41, 5.74) is 2.21. The summed E-state index contributed by atoms with van der Waals surface area (Å²) in [6, 6.07) is 17.0. The number of benzene rings is 3. The molecule has 0 unspecified atom stereocenters. The number of carbonyl (C=O) groups is 3. The molecule has 1 aliphatic heterocycles. The van der Waals surface area contributed by atoms with Gasteiger partial charge >= 0.3 is 0 Å². The molecule has 0 spiro atoms. The minimum atomic E-state index is -0.967. The lowest BCUT2D eigenvalue weighted by molar-refractivity contribution is 0.0642. The van der Waals surface area contributed by atoms with Gasteiger partial charge in [0, 0.05) is 25.2 Å². The van der Waals surface area contributed by atoms with Crippen LogP contribution < -0.4 is 0 Å². The first kappa shape index (κ1) is 24.2. The molecule has 0 atom stereocenters. The van der Waals surface area contributed by atoms with Gasteiger partial charge in [-0.05, 0) is 61.6 Å². The topological polar surface area (TPSA) is 60.9 Å². The van der Waals surface area contributed by atoms with E-state index in [0.29, 0.717) is 40.9 Å². The second-order valence-corrected chi connectivity index (χ2v) is 8.72. The van der Waals surface area contributed by atoms with Crippen molar-refractivity contribution in [1.82, 2.24) is 14.7 Å². The highest BCUT2D eigenvalue weighted by molar-refractivity contribution is 6.21. The monoisotopic (exact) mass is 477 g/mol. The third kappa shape index (κ3) is 5.27.